The van der Waals surface area contributed by atoms with Gasteiger partial charge in [0, 0.05) is 25.7 Å². The topological polar surface area (TPSA) is 231 Å². The van der Waals surface area contributed by atoms with Crippen molar-refractivity contribution in [1.82, 2.24) is 64.7 Å². The molecule has 8 rings (SSSR count). The number of fused-ring (bicyclic) bond motifs is 3. The van der Waals surface area contributed by atoms with Crippen molar-refractivity contribution in [2.24, 2.45) is 0 Å². The van der Waals surface area contributed by atoms with E-state index in [0.29, 0.717) is 45.7 Å². The summed E-state index contributed by atoms with van der Waals surface area (Å²) in [6, 6.07) is 11.0. The van der Waals surface area contributed by atoms with E-state index in [-0.39, 0.29) is 15.9 Å². The van der Waals surface area contributed by atoms with Crippen LogP contribution in [0.3, 0.4) is 0 Å². The SMILES string of the molecule is Clc1nc(NC2CCN(Cc3ccccc3)CC2)c2[nH]cnc2n1.Nc1nc(Cl)nc2nc[nH]c12.Nc1nc(Cl)nc2nc[nH]c12. The van der Waals surface area contributed by atoms with Gasteiger partial charge in [0.15, 0.2) is 34.4 Å². The number of nitrogens with two attached hydrogens (primary N) is 2. The zero-order valence-corrected chi connectivity index (χ0v) is 26.3. The van der Waals surface area contributed by atoms with Crippen LogP contribution in [0.5, 0.6) is 0 Å². The number of hydrogen-bond acceptors (Lipinski definition) is 13. The second kappa shape index (κ2) is 14.0. The molecule has 6 aromatic heterocycles. The number of rotatable bonds is 4. The van der Waals surface area contributed by atoms with Crippen molar-refractivity contribution in [2.75, 3.05) is 29.9 Å². The smallest absolute Gasteiger partial charge is 0.226 e. The monoisotopic (exact) mass is 680 g/mol. The standard InChI is InChI=1S/C17H19ClN6.2C5H4ClN5/c18-17-22-15-14(19-11-20-15)16(23-17)21-13-6-8-24(9-7-13)10-12-4-2-1-3-5-12;2*6-5-10-3(7)2-4(11-5)9-1-8-2/h1-5,11,13H,6-10H2,(H2,19,20,21,22,23);2*1H,(H3,7,8,9,10,11). The number of nitrogen functional groups attached to an aromatic ring is 2. The number of anilines is 3. The summed E-state index contributed by atoms with van der Waals surface area (Å²) in [4.78, 5) is 46.6. The van der Waals surface area contributed by atoms with E-state index in [1.54, 1.807) is 6.33 Å². The highest BCUT2D eigenvalue weighted by atomic mass is 35.5. The average Bonchev–Trinajstić information content (AvgIpc) is 3.81. The minimum Gasteiger partial charge on any atom is -0.382 e. The fraction of sp³-hybridized carbons (Fsp3) is 0.222. The van der Waals surface area contributed by atoms with Gasteiger partial charge in [-0.05, 0) is 53.2 Å². The summed E-state index contributed by atoms with van der Waals surface area (Å²) >= 11 is 17.0. The van der Waals surface area contributed by atoms with Crippen molar-refractivity contribution in [1.29, 1.82) is 0 Å². The maximum Gasteiger partial charge on any atom is 0.226 e. The lowest BCUT2D eigenvalue weighted by Gasteiger charge is -2.32. The highest BCUT2D eigenvalue weighted by Gasteiger charge is 2.21. The van der Waals surface area contributed by atoms with Gasteiger partial charge in [-0.15, -0.1) is 0 Å². The number of imidazole rings is 3. The van der Waals surface area contributed by atoms with Crippen LogP contribution in [0.15, 0.2) is 49.3 Å². The van der Waals surface area contributed by atoms with Crippen molar-refractivity contribution in [3.8, 4) is 0 Å². The van der Waals surface area contributed by atoms with E-state index in [1.807, 2.05) is 0 Å². The Morgan fingerprint density at radius 2 is 1.15 bits per heavy atom. The predicted octanol–water partition coefficient (Wildman–Crippen LogP) is 4.26. The number of hydrogen-bond donors (Lipinski definition) is 6. The van der Waals surface area contributed by atoms with Crippen molar-refractivity contribution >= 4 is 85.7 Å². The first kappa shape index (κ1) is 31.1. The quantitative estimate of drug-likeness (QED) is 0.143. The number of aromatic nitrogens is 12. The van der Waals surface area contributed by atoms with Crippen molar-refractivity contribution in [2.45, 2.75) is 25.4 Å². The van der Waals surface area contributed by atoms with E-state index in [2.05, 4.69) is 100 Å². The third-order valence-corrected chi connectivity index (χ3v) is 7.52. The lowest BCUT2D eigenvalue weighted by atomic mass is 10.0. The van der Waals surface area contributed by atoms with Crippen molar-refractivity contribution in [3.63, 3.8) is 0 Å². The summed E-state index contributed by atoms with van der Waals surface area (Å²) in [7, 11) is 0. The molecule has 0 saturated carbocycles. The van der Waals surface area contributed by atoms with Crippen LogP contribution in [0.4, 0.5) is 17.5 Å². The van der Waals surface area contributed by atoms with Crippen LogP contribution >= 0.6 is 34.8 Å². The molecule has 19 heteroatoms. The lowest BCUT2D eigenvalue weighted by molar-refractivity contribution is 0.211. The number of piperidine rings is 1. The summed E-state index contributed by atoms with van der Waals surface area (Å²) in [6.45, 7) is 3.15. The van der Waals surface area contributed by atoms with Crippen LogP contribution in [0.2, 0.25) is 15.9 Å². The molecule has 46 heavy (non-hydrogen) atoms. The number of likely N-dealkylation sites (tertiary alicyclic amines) is 1. The van der Waals surface area contributed by atoms with E-state index in [0.717, 1.165) is 43.8 Å². The number of halogens is 3. The van der Waals surface area contributed by atoms with Crippen LogP contribution in [-0.4, -0.2) is 83.8 Å². The van der Waals surface area contributed by atoms with E-state index < -0.39 is 0 Å². The maximum absolute atomic E-state index is 5.99. The molecule has 1 fully saturated rings. The average molecular weight is 682 g/mol. The molecule has 1 aliphatic heterocycles. The molecule has 0 unspecified atom stereocenters. The Kier molecular flexibility index (Phi) is 9.49. The van der Waals surface area contributed by atoms with Gasteiger partial charge in [-0.1, -0.05) is 30.3 Å². The van der Waals surface area contributed by atoms with Crippen LogP contribution < -0.4 is 16.8 Å². The summed E-state index contributed by atoms with van der Waals surface area (Å²) in [5, 5.41) is 3.95. The molecule has 0 radical (unpaired) electrons. The molecular formula is C27H27Cl3N16. The largest absolute Gasteiger partial charge is 0.382 e. The maximum atomic E-state index is 5.99. The second-order valence-electron chi connectivity index (χ2n) is 10.1. The second-order valence-corrected chi connectivity index (χ2v) is 11.1. The minimum atomic E-state index is 0.113. The number of benzene rings is 1. The van der Waals surface area contributed by atoms with Gasteiger partial charge in [0.1, 0.15) is 16.6 Å². The molecule has 1 saturated heterocycles. The fourth-order valence-electron chi connectivity index (χ4n) is 4.84. The Bertz CT molecular complexity index is 1970. The number of aromatic amines is 3. The fourth-order valence-corrected chi connectivity index (χ4v) is 5.34. The van der Waals surface area contributed by atoms with Crippen molar-refractivity contribution in [3.05, 3.63) is 70.7 Å². The molecular weight excluding hydrogens is 655 g/mol. The Hall–Kier alpha value is -4.90. The molecule has 0 atom stereocenters. The van der Waals surface area contributed by atoms with E-state index in [1.165, 1.54) is 18.2 Å². The Morgan fingerprint density at radius 3 is 1.70 bits per heavy atom. The van der Waals surface area contributed by atoms with E-state index in [4.69, 9.17) is 46.3 Å². The Balaban J connectivity index is 0.000000139. The van der Waals surface area contributed by atoms with Gasteiger partial charge in [0.2, 0.25) is 15.9 Å². The van der Waals surface area contributed by atoms with Crippen LogP contribution in [-0.2, 0) is 6.54 Å². The molecule has 16 nitrogen and oxygen atoms in total. The Labute approximate surface area is 275 Å². The van der Waals surface area contributed by atoms with Gasteiger partial charge in [-0.2, -0.15) is 29.9 Å². The highest BCUT2D eigenvalue weighted by molar-refractivity contribution is 6.29. The summed E-state index contributed by atoms with van der Waals surface area (Å²) in [6.07, 6.45) is 6.75. The van der Waals surface area contributed by atoms with Gasteiger partial charge >= 0.3 is 0 Å². The molecule has 8 N–H and O–H groups in total. The van der Waals surface area contributed by atoms with Crippen LogP contribution in [0.1, 0.15) is 18.4 Å². The van der Waals surface area contributed by atoms with Gasteiger partial charge in [0.25, 0.3) is 0 Å². The number of nitrogens with zero attached hydrogens (tertiary/aromatic N) is 10. The Morgan fingerprint density at radius 1 is 0.674 bits per heavy atom. The first-order chi connectivity index (χ1) is 22.3. The van der Waals surface area contributed by atoms with Crippen LogP contribution in [0.25, 0.3) is 33.5 Å². The minimum absolute atomic E-state index is 0.113. The summed E-state index contributed by atoms with van der Waals surface area (Å²) < 4.78 is 0. The molecule has 0 spiro atoms. The third kappa shape index (κ3) is 7.48. The highest BCUT2D eigenvalue weighted by Crippen LogP contribution is 2.23. The van der Waals surface area contributed by atoms with Crippen LogP contribution in [0, 0.1) is 0 Å². The molecule has 7 aromatic rings. The zero-order chi connectivity index (χ0) is 32.0. The van der Waals surface area contributed by atoms with Crippen molar-refractivity contribution < 1.29 is 0 Å². The molecule has 7 heterocycles. The third-order valence-electron chi connectivity index (χ3n) is 7.01. The number of nitrogens with one attached hydrogen (secondary N) is 4. The molecule has 0 bridgehead atoms. The number of H-pyrrole nitrogens is 3. The van der Waals surface area contributed by atoms with Gasteiger partial charge in [-0.25, -0.2) is 15.0 Å². The van der Waals surface area contributed by atoms with E-state index in [9.17, 15) is 0 Å². The molecule has 0 aliphatic carbocycles. The van der Waals surface area contributed by atoms with Gasteiger partial charge in [0.05, 0.1) is 19.0 Å². The lowest BCUT2D eigenvalue weighted by Crippen LogP contribution is -2.38. The molecule has 0 amide bonds. The van der Waals surface area contributed by atoms with Gasteiger partial charge < -0.3 is 31.7 Å². The molecule has 1 aliphatic rings. The van der Waals surface area contributed by atoms with Gasteiger partial charge in [-0.3, -0.25) is 4.90 Å². The first-order valence-corrected chi connectivity index (χ1v) is 15.1. The normalized spacial score (nSPS) is 13.7. The summed E-state index contributed by atoms with van der Waals surface area (Å²) in [5.41, 5.74) is 16.0. The molecule has 236 valence electrons. The first-order valence-electron chi connectivity index (χ1n) is 14.0. The molecule has 1 aromatic carbocycles. The summed E-state index contributed by atoms with van der Waals surface area (Å²) in [5.74, 6) is 1.37. The predicted molar refractivity (Wildman–Crippen MR) is 177 cm³/mol. The van der Waals surface area contributed by atoms with E-state index >= 15 is 0 Å². The zero-order valence-electron chi connectivity index (χ0n) is 24.0.